The lowest BCUT2D eigenvalue weighted by molar-refractivity contribution is -0.116. The number of hydrogen-bond acceptors (Lipinski definition) is 5. The number of carbonyl (C=O) groups is 1. The first-order chi connectivity index (χ1) is 11.0. The highest BCUT2D eigenvalue weighted by Gasteiger charge is 2.13. The molecule has 0 atom stereocenters. The Kier molecular flexibility index (Phi) is 7.10. The molecule has 0 aromatic heterocycles. The molecule has 0 aliphatic carbocycles. The Bertz CT molecular complexity index is 684. The summed E-state index contributed by atoms with van der Waals surface area (Å²) in [5.74, 6) is 0.788. The van der Waals surface area contributed by atoms with Crippen molar-refractivity contribution < 1.29 is 9.53 Å². The van der Waals surface area contributed by atoms with Crippen LogP contribution in [0.1, 0.15) is 12.5 Å². The second kappa shape index (κ2) is 8.81. The number of carbonyl (C=O) groups excluding carboxylic acids is 1. The molecule has 2 aromatic carbocycles. The van der Waals surface area contributed by atoms with Gasteiger partial charge in [-0.2, -0.15) is 0 Å². The van der Waals surface area contributed by atoms with Crippen LogP contribution in [0.5, 0.6) is 5.75 Å². The lowest BCUT2D eigenvalue weighted by Crippen LogP contribution is -2.23. The van der Waals surface area contributed by atoms with Crippen molar-refractivity contribution >= 4 is 23.4 Å². The molecule has 0 aliphatic rings. The summed E-state index contributed by atoms with van der Waals surface area (Å²) in [4.78, 5) is 15.4. The molecule has 0 aliphatic heterocycles. The molecular formula is C17H19N3O2S. The van der Waals surface area contributed by atoms with Gasteiger partial charge >= 0.3 is 0 Å². The Balaban J connectivity index is 0.00000127. The van der Waals surface area contributed by atoms with E-state index in [1.165, 1.54) is 5.56 Å². The van der Waals surface area contributed by atoms with Crippen LogP contribution in [0.3, 0.4) is 0 Å². The van der Waals surface area contributed by atoms with Gasteiger partial charge in [0.15, 0.2) is 0 Å². The van der Waals surface area contributed by atoms with Crippen molar-refractivity contribution in [3.63, 3.8) is 0 Å². The maximum Gasteiger partial charge on any atom is 0.223 e. The minimum Gasteiger partial charge on any atom is -0.497 e. The van der Waals surface area contributed by atoms with Gasteiger partial charge in [0.2, 0.25) is 5.91 Å². The molecule has 0 N–H and O–H groups in total. The molecule has 6 heteroatoms. The SMILES string of the molecule is COc1ccc(N(C)C(C)=O)c(Sc2ccc(C)cc2)c1.N#N. The molecule has 23 heavy (non-hydrogen) atoms. The second-order valence-corrected chi connectivity index (χ2v) is 5.94. The number of hydrogen-bond donors (Lipinski definition) is 0. The predicted octanol–water partition coefficient (Wildman–Crippen LogP) is 4.17. The van der Waals surface area contributed by atoms with Crippen molar-refractivity contribution in [1.29, 1.82) is 10.8 Å². The van der Waals surface area contributed by atoms with E-state index in [9.17, 15) is 4.79 Å². The summed E-state index contributed by atoms with van der Waals surface area (Å²) in [6.45, 7) is 3.62. The maximum absolute atomic E-state index is 11.6. The summed E-state index contributed by atoms with van der Waals surface area (Å²) in [7, 11) is 3.42. The minimum absolute atomic E-state index is 0.00548. The van der Waals surface area contributed by atoms with Crippen LogP contribution in [0.4, 0.5) is 5.69 Å². The molecular weight excluding hydrogens is 310 g/mol. The zero-order valence-corrected chi connectivity index (χ0v) is 14.4. The van der Waals surface area contributed by atoms with Gasteiger partial charge in [-0.3, -0.25) is 4.79 Å². The summed E-state index contributed by atoms with van der Waals surface area (Å²) in [5, 5.41) is 12.0. The molecule has 0 spiro atoms. The molecule has 0 heterocycles. The van der Waals surface area contributed by atoms with Crippen LogP contribution < -0.4 is 9.64 Å². The van der Waals surface area contributed by atoms with E-state index >= 15 is 0 Å². The third-order valence-corrected chi connectivity index (χ3v) is 4.30. The fourth-order valence-corrected chi connectivity index (χ4v) is 2.89. The average Bonchev–Trinajstić information content (AvgIpc) is 2.58. The van der Waals surface area contributed by atoms with Gasteiger partial charge in [-0.25, -0.2) is 0 Å². The van der Waals surface area contributed by atoms with Crippen LogP contribution >= 0.6 is 11.8 Å². The molecule has 2 aromatic rings. The highest BCUT2D eigenvalue weighted by atomic mass is 32.2. The standard InChI is InChI=1S/C17H19NO2S.N2/c1-12-5-8-15(9-6-12)21-17-11-14(20-4)7-10-16(17)18(3)13(2)19;1-2/h5-11H,1-4H3;. The molecule has 0 unspecified atom stereocenters. The van der Waals surface area contributed by atoms with E-state index in [2.05, 4.69) is 31.2 Å². The Morgan fingerprint density at radius 1 is 1.13 bits per heavy atom. The Labute approximate surface area is 140 Å². The maximum atomic E-state index is 11.6. The topological polar surface area (TPSA) is 77.1 Å². The van der Waals surface area contributed by atoms with Gasteiger partial charge in [-0.15, -0.1) is 0 Å². The summed E-state index contributed by atoms with van der Waals surface area (Å²) < 4.78 is 5.29. The van der Waals surface area contributed by atoms with Gasteiger partial charge in [-0.05, 0) is 37.3 Å². The number of anilines is 1. The quantitative estimate of drug-likeness (QED) is 0.787. The van der Waals surface area contributed by atoms with E-state index in [-0.39, 0.29) is 5.91 Å². The normalized spacial score (nSPS) is 9.48. The monoisotopic (exact) mass is 329 g/mol. The van der Waals surface area contributed by atoms with Crippen molar-refractivity contribution in [2.75, 3.05) is 19.1 Å². The fraction of sp³-hybridized carbons (Fsp3) is 0.235. The molecule has 0 saturated heterocycles. The predicted molar refractivity (Wildman–Crippen MR) is 90.8 cm³/mol. The van der Waals surface area contributed by atoms with E-state index in [1.54, 1.807) is 37.7 Å². The number of methoxy groups -OCH3 is 1. The highest BCUT2D eigenvalue weighted by Crippen LogP contribution is 2.37. The zero-order valence-electron chi connectivity index (χ0n) is 13.6. The first kappa shape index (κ1) is 18.5. The van der Waals surface area contributed by atoms with Crippen molar-refractivity contribution in [3.05, 3.63) is 48.0 Å². The molecule has 1 amide bonds. The van der Waals surface area contributed by atoms with Gasteiger partial charge in [0, 0.05) is 34.5 Å². The number of nitrogens with zero attached hydrogens (tertiary/aromatic N) is 3. The number of amides is 1. The lowest BCUT2D eigenvalue weighted by atomic mass is 10.2. The highest BCUT2D eigenvalue weighted by molar-refractivity contribution is 7.99. The van der Waals surface area contributed by atoms with E-state index in [4.69, 9.17) is 15.5 Å². The fourth-order valence-electron chi connectivity index (χ4n) is 1.88. The van der Waals surface area contributed by atoms with Crippen molar-refractivity contribution in [3.8, 4) is 5.75 Å². The summed E-state index contributed by atoms with van der Waals surface area (Å²) in [6.07, 6.45) is 0. The third kappa shape index (κ3) is 5.01. The molecule has 2 rings (SSSR count). The van der Waals surface area contributed by atoms with Gasteiger partial charge in [-0.1, -0.05) is 29.5 Å². The van der Waals surface area contributed by atoms with Crippen LogP contribution in [0.15, 0.2) is 52.3 Å². The second-order valence-electron chi connectivity index (χ2n) is 4.83. The van der Waals surface area contributed by atoms with Gasteiger partial charge in [0.1, 0.15) is 5.75 Å². The van der Waals surface area contributed by atoms with Gasteiger partial charge < -0.3 is 9.64 Å². The third-order valence-electron chi connectivity index (χ3n) is 3.25. The van der Waals surface area contributed by atoms with E-state index in [0.29, 0.717) is 0 Å². The minimum atomic E-state index is 0.00548. The van der Waals surface area contributed by atoms with Crippen LogP contribution in [-0.2, 0) is 4.79 Å². The van der Waals surface area contributed by atoms with E-state index in [1.807, 2.05) is 18.2 Å². The van der Waals surface area contributed by atoms with Crippen molar-refractivity contribution in [1.82, 2.24) is 0 Å². The molecule has 0 radical (unpaired) electrons. The Morgan fingerprint density at radius 3 is 2.26 bits per heavy atom. The van der Waals surface area contributed by atoms with Crippen LogP contribution in [0, 0.1) is 17.7 Å². The molecule has 0 saturated carbocycles. The summed E-state index contributed by atoms with van der Waals surface area (Å²) in [5.41, 5.74) is 2.11. The summed E-state index contributed by atoms with van der Waals surface area (Å²) >= 11 is 1.62. The van der Waals surface area contributed by atoms with Crippen LogP contribution in [0.25, 0.3) is 0 Å². The first-order valence-corrected chi connectivity index (χ1v) is 7.70. The number of ether oxygens (including phenoxy) is 1. The van der Waals surface area contributed by atoms with E-state index < -0.39 is 0 Å². The molecule has 5 nitrogen and oxygen atoms in total. The number of benzene rings is 2. The van der Waals surface area contributed by atoms with Crippen LogP contribution in [0.2, 0.25) is 0 Å². The zero-order chi connectivity index (χ0) is 17.4. The number of aryl methyl sites for hydroxylation is 1. The van der Waals surface area contributed by atoms with Crippen molar-refractivity contribution in [2.24, 2.45) is 0 Å². The molecule has 120 valence electrons. The lowest BCUT2D eigenvalue weighted by Gasteiger charge is -2.19. The Hall–Kier alpha value is -2.52. The van der Waals surface area contributed by atoms with Gasteiger partial charge in [0.05, 0.1) is 12.8 Å². The van der Waals surface area contributed by atoms with E-state index in [0.717, 1.165) is 21.2 Å². The molecule has 0 bridgehead atoms. The van der Waals surface area contributed by atoms with Gasteiger partial charge in [0.25, 0.3) is 0 Å². The largest absolute Gasteiger partial charge is 0.497 e. The summed E-state index contributed by atoms with van der Waals surface area (Å²) in [6, 6.07) is 14.1. The van der Waals surface area contributed by atoms with Crippen LogP contribution in [-0.4, -0.2) is 20.1 Å². The Morgan fingerprint density at radius 2 is 1.74 bits per heavy atom. The average molecular weight is 329 g/mol. The number of rotatable bonds is 4. The first-order valence-electron chi connectivity index (χ1n) is 6.88. The molecule has 0 fully saturated rings. The smallest absolute Gasteiger partial charge is 0.223 e. The van der Waals surface area contributed by atoms with Crippen molar-refractivity contribution in [2.45, 2.75) is 23.6 Å².